The smallest absolute Gasteiger partial charge is 0.237 e. The van der Waals surface area contributed by atoms with Crippen LogP contribution in [0, 0.1) is 0 Å². The Morgan fingerprint density at radius 3 is 3.00 bits per heavy atom. The summed E-state index contributed by atoms with van der Waals surface area (Å²) in [5, 5.41) is 3.99. The summed E-state index contributed by atoms with van der Waals surface area (Å²) in [6, 6.07) is 5.86. The van der Waals surface area contributed by atoms with Gasteiger partial charge in [-0.2, -0.15) is 4.98 Å². The zero-order valence-electron chi connectivity index (χ0n) is 9.60. The van der Waals surface area contributed by atoms with Gasteiger partial charge >= 0.3 is 0 Å². The first-order valence-electron chi connectivity index (χ1n) is 5.72. The van der Waals surface area contributed by atoms with Crippen LogP contribution in [0.1, 0.15) is 30.5 Å². The normalized spacial score (nSPS) is 14.9. The summed E-state index contributed by atoms with van der Waals surface area (Å²) in [5.74, 6) is 2.72. The Bertz CT molecular complexity index is 568. The number of aromatic nitrogens is 2. The second-order valence-corrected chi connectivity index (χ2v) is 6.22. The lowest BCUT2D eigenvalue weighted by Gasteiger charge is -2.03. The van der Waals surface area contributed by atoms with E-state index >= 15 is 0 Å². The van der Waals surface area contributed by atoms with Gasteiger partial charge in [-0.05, 0) is 31.0 Å². The Kier molecular flexibility index (Phi) is 3.30. The molecule has 1 aromatic carbocycles. The van der Waals surface area contributed by atoms with Crippen LogP contribution in [-0.2, 0) is 5.75 Å². The molecule has 1 saturated carbocycles. The van der Waals surface area contributed by atoms with E-state index in [0.29, 0.717) is 17.6 Å². The van der Waals surface area contributed by atoms with Crippen molar-refractivity contribution in [2.24, 2.45) is 0 Å². The molecule has 0 unspecified atom stereocenters. The fraction of sp³-hybridized carbons (Fsp3) is 0.333. The van der Waals surface area contributed by atoms with Crippen LogP contribution < -0.4 is 5.73 Å². The van der Waals surface area contributed by atoms with Crippen LogP contribution in [0.5, 0.6) is 0 Å². The second kappa shape index (κ2) is 4.93. The minimum Gasteiger partial charge on any atom is -0.398 e. The van der Waals surface area contributed by atoms with Crippen LogP contribution in [0.25, 0.3) is 0 Å². The highest BCUT2D eigenvalue weighted by molar-refractivity contribution is 9.10. The number of anilines is 1. The number of hydrogen-bond donors (Lipinski definition) is 1. The molecule has 0 saturated heterocycles. The van der Waals surface area contributed by atoms with E-state index in [0.717, 1.165) is 20.9 Å². The van der Waals surface area contributed by atoms with Crippen molar-refractivity contribution >= 4 is 33.4 Å². The molecular formula is C12H12BrN3OS. The van der Waals surface area contributed by atoms with E-state index in [1.54, 1.807) is 11.8 Å². The van der Waals surface area contributed by atoms with E-state index in [1.165, 1.54) is 12.8 Å². The molecule has 18 heavy (non-hydrogen) atoms. The third-order valence-electron chi connectivity index (χ3n) is 2.75. The molecule has 1 aromatic heterocycles. The predicted molar refractivity (Wildman–Crippen MR) is 74.4 cm³/mol. The van der Waals surface area contributed by atoms with E-state index in [1.807, 2.05) is 18.2 Å². The van der Waals surface area contributed by atoms with E-state index in [2.05, 4.69) is 26.1 Å². The predicted octanol–water partition coefficient (Wildman–Crippen LogP) is 3.58. The summed E-state index contributed by atoms with van der Waals surface area (Å²) in [4.78, 5) is 5.42. The molecule has 0 radical (unpaired) electrons. The molecule has 2 aromatic rings. The van der Waals surface area contributed by atoms with Crippen LogP contribution in [0.4, 0.5) is 5.69 Å². The highest BCUT2D eigenvalue weighted by atomic mass is 79.9. The highest BCUT2D eigenvalue weighted by Gasteiger charge is 2.28. The van der Waals surface area contributed by atoms with Crippen molar-refractivity contribution in [3.05, 3.63) is 34.4 Å². The fourth-order valence-electron chi connectivity index (χ4n) is 1.62. The van der Waals surface area contributed by atoms with Crippen LogP contribution in [0.2, 0.25) is 0 Å². The van der Waals surface area contributed by atoms with Gasteiger partial charge < -0.3 is 10.3 Å². The second-order valence-electron chi connectivity index (χ2n) is 4.29. The van der Waals surface area contributed by atoms with E-state index < -0.39 is 0 Å². The molecule has 1 aliphatic carbocycles. The van der Waals surface area contributed by atoms with Crippen molar-refractivity contribution in [3.8, 4) is 0 Å². The molecule has 1 aliphatic rings. The van der Waals surface area contributed by atoms with Gasteiger partial charge in [0, 0.05) is 21.0 Å². The number of halogens is 1. The number of rotatable bonds is 4. The lowest BCUT2D eigenvalue weighted by atomic mass is 10.3. The number of thioether (sulfide) groups is 1. The van der Waals surface area contributed by atoms with Gasteiger partial charge in [0.05, 0.1) is 5.75 Å². The molecular weight excluding hydrogens is 314 g/mol. The van der Waals surface area contributed by atoms with Gasteiger partial charge in [0.25, 0.3) is 0 Å². The van der Waals surface area contributed by atoms with E-state index in [9.17, 15) is 0 Å². The van der Waals surface area contributed by atoms with Gasteiger partial charge in [0.15, 0.2) is 5.82 Å². The minimum absolute atomic E-state index is 0.533. The number of hydrogen-bond acceptors (Lipinski definition) is 5. The molecule has 2 N–H and O–H groups in total. The zero-order valence-corrected chi connectivity index (χ0v) is 12.0. The molecule has 94 valence electrons. The van der Waals surface area contributed by atoms with Crippen molar-refractivity contribution in [3.63, 3.8) is 0 Å². The van der Waals surface area contributed by atoms with Crippen molar-refractivity contribution in [2.75, 3.05) is 5.73 Å². The van der Waals surface area contributed by atoms with Gasteiger partial charge in [-0.3, -0.25) is 0 Å². The molecule has 0 bridgehead atoms. The maximum Gasteiger partial charge on any atom is 0.237 e. The Balaban J connectivity index is 1.65. The van der Waals surface area contributed by atoms with Crippen molar-refractivity contribution in [1.82, 2.24) is 10.1 Å². The summed E-state index contributed by atoms with van der Waals surface area (Å²) in [5.41, 5.74) is 6.69. The third-order valence-corrected chi connectivity index (χ3v) is 4.32. The Morgan fingerprint density at radius 1 is 1.44 bits per heavy atom. The van der Waals surface area contributed by atoms with E-state index in [4.69, 9.17) is 10.3 Å². The summed E-state index contributed by atoms with van der Waals surface area (Å²) < 4.78 is 6.20. The highest BCUT2D eigenvalue weighted by Crippen LogP contribution is 2.38. The molecule has 6 heteroatoms. The number of benzene rings is 1. The van der Waals surface area contributed by atoms with Crippen LogP contribution in [0.15, 0.2) is 32.1 Å². The van der Waals surface area contributed by atoms with Crippen LogP contribution >= 0.6 is 27.7 Å². The average molecular weight is 326 g/mol. The first-order valence-corrected chi connectivity index (χ1v) is 7.50. The molecule has 1 heterocycles. The average Bonchev–Trinajstić information content (AvgIpc) is 3.08. The maximum atomic E-state index is 5.93. The monoisotopic (exact) mass is 325 g/mol. The standard InChI is InChI=1S/C12H12BrN3OS/c13-8-3-4-10(9(14)5-8)18-6-11-15-12(16-17-11)7-1-2-7/h3-5,7H,1-2,6,14H2. The number of nitrogen functional groups attached to an aromatic ring is 1. The molecule has 0 spiro atoms. The Hall–Kier alpha value is -1.01. The van der Waals surface area contributed by atoms with Gasteiger partial charge in [0.1, 0.15) is 0 Å². The van der Waals surface area contributed by atoms with Crippen LogP contribution in [0.3, 0.4) is 0 Å². The van der Waals surface area contributed by atoms with Gasteiger partial charge in [0.2, 0.25) is 5.89 Å². The van der Waals surface area contributed by atoms with Gasteiger partial charge in [-0.25, -0.2) is 0 Å². The maximum absolute atomic E-state index is 5.93. The lowest BCUT2D eigenvalue weighted by molar-refractivity contribution is 0.385. The molecule has 0 amide bonds. The quantitative estimate of drug-likeness (QED) is 0.687. The number of nitrogens with zero attached hydrogens (tertiary/aromatic N) is 2. The summed E-state index contributed by atoms with van der Waals surface area (Å²) in [7, 11) is 0. The van der Waals surface area contributed by atoms with E-state index in [-0.39, 0.29) is 0 Å². The molecule has 0 aliphatic heterocycles. The molecule has 1 fully saturated rings. The van der Waals surface area contributed by atoms with Gasteiger partial charge in [-0.15, -0.1) is 11.8 Å². The van der Waals surface area contributed by atoms with Crippen molar-refractivity contribution < 1.29 is 4.52 Å². The summed E-state index contributed by atoms with van der Waals surface area (Å²) >= 11 is 5.00. The largest absolute Gasteiger partial charge is 0.398 e. The first-order chi connectivity index (χ1) is 8.72. The summed E-state index contributed by atoms with van der Waals surface area (Å²) in [6.07, 6.45) is 2.37. The van der Waals surface area contributed by atoms with Crippen molar-refractivity contribution in [1.29, 1.82) is 0 Å². The molecule has 3 rings (SSSR count). The lowest BCUT2D eigenvalue weighted by Crippen LogP contribution is -1.89. The summed E-state index contributed by atoms with van der Waals surface area (Å²) in [6.45, 7) is 0. The molecule has 4 nitrogen and oxygen atoms in total. The molecule has 0 atom stereocenters. The first kappa shape index (κ1) is 12.0. The fourth-order valence-corrected chi connectivity index (χ4v) is 2.79. The van der Waals surface area contributed by atoms with Crippen LogP contribution in [-0.4, -0.2) is 10.1 Å². The third kappa shape index (κ3) is 2.70. The van der Waals surface area contributed by atoms with Crippen molar-refractivity contribution in [2.45, 2.75) is 29.4 Å². The minimum atomic E-state index is 0.533. The Labute approximate surface area is 117 Å². The zero-order chi connectivity index (χ0) is 12.5. The Morgan fingerprint density at radius 2 is 2.28 bits per heavy atom. The SMILES string of the molecule is Nc1cc(Br)ccc1SCc1nc(C2CC2)no1. The van der Waals surface area contributed by atoms with Gasteiger partial charge in [-0.1, -0.05) is 21.1 Å². The number of nitrogens with two attached hydrogens (primary N) is 1. The topological polar surface area (TPSA) is 64.9 Å².